The normalized spacial score (nSPS) is 17.2. The molecule has 0 bridgehead atoms. The van der Waals surface area contributed by atoms with Crippen molar-refractivity contribution in [2.75, 3.05) is 12.0 Å². The van der Waals surface area contributed by atoms with E-state index in [2.05, 4.69) is 0 Å². The fraction of sp³-hybridized carbons (Fsp3) is 0.188. The number of methoxy groups -OCH3 is 1. The number of benzene rings is 2. The number of aryl methyl sites for hydroxylation is 1. The number of anilines is 1. The molecule has 4 nitrogen and oxygen atoms in total. The van der Waals surface area contributed by atoms with Crippen molar-refractivity contribution < 1.29 is 14.6 Å². The minimum atomic E-state index is -0.977. The van der Waals surface area contributed by atoms with Gasteiger partial charge in [-0.05, 0) is 30.7 Å². The van der Waals surface area contributed by atoms with E-state index in [4.69, 9.17) is 4.74 Å². The second-order valence-corrected chi connectivity index (χ2v) is 4.81. The third kappa shape index (κ3) is 1.77. The van der Waals surface area contributed by atoms with Crippen LogP contribution in [0.1, 0.15) is 27.7 Å². The van der Waals surface area contributed by atoms with Gasteiger partial charge in [-0.3, -0.25) is 9.69 Å². The van der Waals surface area contributed by atoms with Crippen molar-refractivity contribution in [3.8, 4) is 5.75 Å². The summed E-state index contributed by atoms with van der Waals surface area (Å²) in [5.41, 5.74) is 2.74. The molecule has 0 aromatic heterocycles. The lowest BCUT2D eigenvalue weighted by Gasteiger charge is -2.23. The number of nitrogens with zero attached hydrogens (tertiary/aromatic N) is 1. The Hall–Kier alpha value is -2.33. The maximum atomic E-state index is 12.5. The Kier molecular flexibility index (Phi) is 2.95. The van der Waals surface area contributed by atoms with Crippen LogP contribution in [0.15, 0.2) is 42.5 Å². The van der Waals surface area contributed by atoms with Gasteiger partial charge in [-0.1, -0.05) is 24.3 Å². The molecule has 1 heterocycles. The number of amides is 1. The SMILES string of the molecule is COc1ccc(C)cc1N1C(=O)c2ccccc2C1O. The zero-order valence-corrected chi connectivity index (χ0v) is 11.3. The second-order valence-electron chi connectivity index (χ2n) is 4.81. The van der Waals surface area contributed by atoms with Crippen LogP contribution in [-0.4, -0.2) is 18.1 Å². The summed E-state index contributed by atoms with van der Waals surface area (Å²) in [5, 5.41) is 10.4. The number of aliphatic hydroxyl groups is 1. The Labute approximate surface area is 117 Å². The first-order valence-electron chi connectivity index (χ1n) is 6.38. The summed E-state index contributed by atoms with van der Waals surface area (Å²) in [7, 11) is 1.55. The number of fused-ring (bicyclic) bond motifs is 1. The van der Waals surface area contributed by atoms with E-state index >= 15 is 0 Å². The molecule has 1 atom stereocenters. The molecule has 0 radical (unpaired) electrons. The summed E-state index contributed by atoms with van der Waals surface area (Å²) in [4.78, 5) is 13.9. The highest BCUT2D eigenvalue weighted by molar-refractivity contribution is 6.11. The van der Waals surface area contributed by atoms with Crippen LogP contribution in [0.25, 0.3) is 0 Å². The van der Waals surface area contributed by atoms with Crippen molar-refractivity contribution in [3.05, 3.63) is 59.2 Å². The average Bonchev–Trinajstić information content (AvgIpc) is 2.71. The molecule has 1 aliphatic heterocycles. The van der Waals surface area contributed by atoms with E-state index in [0.717, 1.165) is 5.56 Å². The van der Waals surface area contributed by atoms with Crippen LogP contribution in [0.2, 0.25) is 0 Å². The molecule has 0 saturated carbocycles. The summed E-state index contributed by atoms with van der Waals surface area (Å²) in [5.74, 6) is 0.354. The first-order valence-corrected chi connectivity index (χ1v) is 6.38. The van der Waals surface area contributed by atoms with Gasteiger partial charge in [0.25, 0.3) is 5.91 Å². The molecule has 3 rings (SSSR count). The summed E-state index contributed by atoms with van der Waals surface area (Å²) in [6.45, 7) is 1.93. The van der Waals surface area contributed by atoms with E-state index < -0.39 is 6.23 Å². The Morgan fingerprint density at radius 2 is 1.95 bits per heavy atom. The van der Waals surface area contributed by atoms with E-state index in [1.54, 1.807) is 31.4 Å². The molecule has 102 valence electrons. The highest BCUT2D eigenvalue weighted by Crippen LogP contribution is 2.40. The minimum Gasteiger partial charge on any atom is -0.495 e. The average molecular weight is 269 g/mol. The zero-order valence-electron chi connectivity index (χ0n) is 11.3. The van der Waals surface area contributed by atoms with Crippen molar-refractivity contribution in [1.29, 1.82) is 0 Å². The van der Waals surface area contributed by atoms with E-state index in [1.807, 2.05) is 25.1 Å². The van der Waals surface area contributed by atoms with Crippen molar-refractivity contribution in [1.82, 2.24) is 0 Å². The smallest absolute Gasteiger partial charge is 0.261 e. The standard InChI is InChI=1S/C16H15NO3/c1-10-7-8-14(20-2)13(9-10)17-15(18)11-5-3-4-6-12(11)16(17)19/h3-9,15,18H,1-2H3. The van der Waals surface area contributed by atoms with Crippen LogP contribution in [0.4, 0.5) is 5.69 Å². The topological polar surface area (TPSA) is 49.8 Å². The van der Waals surface area contributed by atoms with Gasteiger partial charge in [0.1, 0.15) is 5.75 Å². The highest BCUT2D eigenvalue weighted by atomic mass is 16.5. The van der Waals surface area contributed by atoms with Crippen LogP contribution < -0.4 is 9.64 Å². The minimum absolute atomic E-state index is 0.211. The molecule has 2 aromatic carbocycles. The summed E-state index contributed by atoms with van der Waals surface area (Å²) in [6, 6.07) is 12.6. The van der Waals surface area contributed by atoms with Gasteiger partial charge in [0.2, 0.25) is 0 Å². The molecule has 0 saturated heterocycles. The van der Waals surface area contributed by atoms with Crippen LogP contribution in [0, 0.1) is 6.92 Å². The largest absolute Gasteiger partial charge is 0.495 e. The molecular weight excluding hydrogens is 254 g/mol. The van der Waals surface area contributed by atoms with E-state index in [9.17, 15) is 9.90 Å². The molecule has 1 N–H and O–H groups in total. The van der Waals surface area contributed by atoms with Crippen molar-refractivity contribution in [2.24, 2.45) is 0 Å². The van der Waals surface area contributed by atoms with Gasteiger partial charge in [0.15, 0.2) is 6.23 Å². The summed E-state index contributed by atoms with van der Waals surface area (Å²) >= 11 is 0. The van der Waals surface area contributed by atoms with Gasteiger partial charge >= 0.3 is 0 Å². The molecule has 0 spiro atoms. The lowest BCUT2D eigenvalue weighted by atomic mass is 10.1. The second kappa shape index (κ2) is 4.65. The molecule has 0 aliphatic carbocycles. The third-order valence-electron chi connectivity index (χ3n) is 3.53. The molecule has 1 aliphatic rings. The monoisotopic (exact) mass is 269 g/mol. The maximum Gasteiger partial charge on any atom is 0.261 e. The number of hydrogen-bond acceptors (Lipinski definition) is 3. The van der Waals surface area contributed by atoms with Gasteiger partial charge in [0.05, 0.1) is 12.8 Å². The predicted octanol–water partition coefficient (Wildman–Crippen LogP) is 2.65. The van der Waals surface area contributed by atoms with Gasteiger partial charge in [0, 0.05) is 11.1 Å². The third-order valence-corrected chi connectivity index (χ3v) is 3.53. The van der Waals surface area contributed by atoms with E-state index in [0.29, 0.717) is 22.6 Å². The predicted molar refractivity (Wildman–Crippen MR) is 75.9 cm³/mol. The molecular formula is C16H15NO3. The molecule has 1 unspecified atom stereocenters. The van der Waals surface area contributed by atoms with E-state index in [1.165, 1.54) is 4.90 Å². The fourth-order valence-electron chi connectivity index (χ4n) is 2.53. The first kappa shape index (κ1) is 12.7. The Bertz CT molecular complexity index is 681. The van der Waals surface area contributed by atoms with Crippen LogP contribution in [-0.2, 0) is 0 Å². The molecule has 0 fully saturated rings. The zero-order chi connectivity index (χ0) is 14.3. The molecule has 4 heteroatoms. The Morgan fingerprint density at radius 1 is 1.20 bits per heavy atom. The Balaban J connectivity index is 2.13. The van der Waals surface area contributed by atoms with Crippen molar-refractivity contribution in [3.63, 3.8) is 0 Å². The number of rotatable bonds is 2. The van der Waals surface area contributed by atoms with Gasteiger partial charge in [-0.2, -0.15) is 0 Å². The van der Waals surface area contributed by atoms with Gasteiger partial charge in [-0.25, -0.2) is 0 Å². The summed E-state index contributed by atoms with van der Waals surface area (Å²) in [6.07, 6.45) is -0.977. The molecule has 2 aromatic rings. The molecule has 20 heavy (non-hydrogen) atoms. The Morgan fingerprint density at radius 3 is 2.65 bits per heavy atom. The fourth-order valence-corrected chi connectivity index (χ4v) is 2.53. The quantitative estimate of drug-likeness (QED) is 0.911. The maximum absolute atomic E-state index is 12.5. The highest BCUT2D eigenvalue weighted by Gasteiger charge is 2.37. The molecule has 1 amide bonds. The number of carbonyl (C=O) groups is 1. The summed E-state index contributed by atoms with van der Waals surface area (Å²) < 4.78 is 5.30. The van der Waals surface area contributed by atoms with Crippen LogP contribution in [0.5, 0.6) is 5.75 Å². The number of aliphatic hydroxyl groups excluding tert-OH is 1. The van der Waals surface area contributed by atoms with Crippen LogP contribution >= 0.6 is 0 Å². The number of carbonyl (C=O) groups excluding carboxylic acids is 1. The van der Waals surface area contributed by atoms with Crippen molar-refractivity contribution in [2.45, 2.75) is 13.2 Å². The lowest BCUT2D eigenvalue weighted by molar-refractivity contribution is 0.0934. The lowest BCUT2D eigenvalue weighted by Crippen LogP contribution is -2.28. The van der Waals surface area contributed by atoms with Crippen LogP contribution in [0.3, 0.4) is 0 Å². The van der Waals surface area contributed by atoms with Gasteiger partial charge in [-0.15, -0.1) is 0 Å². The van der Waals surface area contributed by atoms with Gasteiger partial charge < -0.3 is 9.84 Å². The number of hydrogen-bond donors (Lipinski definition) is 1. The number of ether oxygens (including phenoxy) is 1. The first-order chi connectivity index (χ1) is 9.63. The van der Waals surface area contributed by atoms with Crippen molar-refractivity contribution >= 4 is 11.6 Å². The van der Waals surface area contributed by atoms with E-state index in [-0.39, 0.29) is 5.91 Å².